The first-order chi connectivity index (χ1) is 7.13. The van der Waals surface area contributed by atoms with E-state index in [2.05, 4.69) is 33.0 Å². The number of amidine groups is 1. The van der Waals surface area contributed by atoms with Crippen molar-refractivity contribution in [3.05, 3.63) is 0 Å². The fourth-order valence-electron chi connectivity index (χ4n) is 1.70. The fraction of sp³-hybridized carbons (Fsp3) is 0.917. The molecule has 1 N–H and O–H groups in total. The molecule has 1 unspecified atom stereocenters. The summed E-state index contributed by atoms with van der Waals surface area (Å²) in [4.78, 5) is 4.78. The van der Waals surface area contributed by atoms with Crippen LogP contribution in [0.2, 0.25) is 0 Å². The Hall–Kier alpha value is -0.180. The van der Waals surface area contributed by atoms with Crippen molar-refractivity contribution in [2.75, 3.05) is 5.75 Å². The van der Waals surface area contributed by atoms with Gasteiger partial charge in [-0.15, -0.1) is 0 Å². The molecular formula is C12H24N2S. The number of rotatable bonds is 4. The van der Waals surface area contributed by atoms with Crippen molar-refractivity contribution in [3.8, 4) is 0 Å². The Morgan fingerprint density at radius 1 is 1.40 bits per heavy atom. The van der Waals surface area contributed by atoms with Crippen molar-refractivity contribution in [1.29, 1.82) is 0 Å². The highest BCUT2D eigenvalue weighted by molar-refractivity contribution is 8.13. The maximum Gasteiger partial charge on any atom is 0.157 e. The third-order valence-corrected chi connectivity index (χ3v) is 4.21. The lowest BCUT2D eigenvalue weighted by molar-refractivity contribution is 0.389. The van der Waals surface area contributed by atoms with E-state index < -0.39 is 0 Å². The molecule has 0 amide bonds. The van der Waals surface area contributed by atoms with Crippen LogP contribution in [0.15, 0.2) is 4.99 Å². The summed E-state index contributed by atoms with van der Waals surface area (Å²) in [7, 11) is 0. The summed E-state index contributed by atoms with van der Waals surface area (Å²) >= 11 is 1.88. The van der Waals surface area contributed by atoms with E-state index in [1.54, 1.807) is 0 Å². The Morgan fingerprint density at radius 2 is 2.07 bits per heavy atom. The lowest BCUT2D eigenvalue weighted by atomic mass is 9.96. The van der Waals surface area contributed by atoms with Crippen LogP contribution < -0.4 is 5.32 Å². The van der Waals surface area contributed by atoms with E-state index in [-0.39, 0.29) is 5.54 Å². The minimum atomic E-state index is 0.274. The highest BCUT2D eigenvalue weighted by atomic mass is 32.2. The molecule has 88 valence electrons. The SMILES string of the molecule is CCC(CC)N=C1NC(C)(CC)CCS1. The molecule has 3 heteroatoms. The van der Waals surface area contributed by atoms with Gasteiger partial charge in [0.1, 0.15) is 0 Å². The maximum absolute atomic E-state index is 4.78. The van der Waals surface area contributed by atoms with E-state index in [4.69, 9.17) is 4.99 Å². The van der Waals surface area contributed by atoms with E-state index >= 15 is 0 Å². The number of hydrogen-bond acceptors (Lipinski definition) is 2. The number of nitrogens with one attached hydrogen (secondary N) is 1. The molecule has 0 aromatic heterocycles. The molecule has 15 heavy (non-hydrogen) atoms. The Bertz CT molecular complexity index is 224. The zero-order chi connectivity index (χ0) is 11.3. The topological polar surface area (TPSA) is 24.4 Å². The fourth-order valence-corrected chi connectivity index (χ4v) is 2.99. The summed E-state index contributed by atoms with van der Waals surface area (Å²) in [5, 5.41) is 4.76. The first kappa shape index (κ1) is 12.9. The first-order valence-electron chi connectivity index (χ1n) is 6.12. The van der Waals surface area contributed by atoms with Gasteiger partial charge in [-0.3, -0.25) is 4.99 Å². The summed E-state index contributed by atoms with van der Waals surface area (Å²) < 4.78 is 0. The standard InChI is InChI=1S/C12H24N2S/c1-5-10(6-2)13-11-14-12(4,7-3)8-9-15-11/h10H,5-9H2,1-4H3,(H,13,14). The van der Waals surface area contributed by atoms with Gasteiger partial charge in [0.2, 0.25) is 0 Å². The van der Waals surface area contributed by atoms with Gasteiger partial charge in [-0.2, -0.15) is 0 Å². The van der Waals surface area contributed by atoms with E-state index in [0.29, 0.717) is 6.04 Å². The monoisotopic (exact) mass is 228 g/mol. The third-order valence-electron chi connectivity index (χ3n) is 3.32. The average molecular weight is 228 g/mol. The molecule has 2 nitrogen and oxygen atoms in total. The first-order valence-corrected chi connectivity index (χ1v) is 7.11. The Kier molecular flexibility index (Phi) is 4.97. The summed E-state index contributed by atoms with van der Waals surface area (Å²) in [6, 6.07) is 0.499. The average Bonchev–Trinajstić information content (AvgIpc) is 2.26. The Labute approximate surface area is 98.3 Å². The molecule has 1 fully saturated rings. The van der Waals surface area contributed by atoms with Gasteiger partial charge in [0.15, 0.2) is 5.17 Å². The minimum Gasteiger partial charge on any atom is -0.360 e. The molecule has 1 aliphatic rings. The van der Waals surface area contributed by atoms with Crippen LogP contribution in [0.1, 0.15) is 53.4 Å². The van der Waals surface area contributed by atoms with Gasteiger partial charge in [-0.05, 0) is 32.6 Å². The molecule has 0 radical (unpaired) electrons. The number of thioether (sulfide) groups is 1. The van der Waals surface area contributed by atoms with Gasteiger partial charge in [0.25, 0.3) is 0 Å². The minimum absolute atomic E-state index is 0.274. The zero-order valence-corrected chi connectivity index (χ0v) is 11.3. The van der Waals surface area contributed by atoms with Gasteiger partial charge in [0, 0.05) is 11.3 Å². The molecular weight excluding hydrogens is 204 g/mol. The van der Waals surface area contributed by atoms with Crippen LogP contribution in [0.25, 0.3) is 0 Å². The largest absolute Gasteiger partial charge is 0.360 e. The molecule has 0 aromatic rings. The second-order valence-electron chi connectivity index (χ2n) is 4.54. The van der Waals surface area contributed by atoms with Crippen molar-refractivity contribution in [3.63, 3.8) is 0 Å². The van der Waals surface area contributed by atoms with Crippen LogP contribution >= 0.6 is 11.8 Å². The molecule has 1 saturated heterocycles. The number of nitrogens with zero attached hydrogens (tertiary/aromatic N) is 1. The quantitative estimate of drug-likeness (QED) is 0.797. The van der Waals surface area contributed by atoms with Crippen molar-refractivity contribution in [2.45, 2.75) is 65.0 Å². The summed E-state index contributed by atoms with van der Waals surface area (Å²) in [5.41, 5.74) is 0.274. The maximum atomic E-state index is 4.78. The normalized spacial score (nSPS) is 29.5. The van der Waals surface area contributed by atoms with Gasteiger partial charge >= 0.3 is 0 Å². The van der Waals surface area contributed by atoms with Crippen LogP contribution in [-0.2, 0) is 0 Å². The third kappa shape index (κ3) is 3.71. The smallest absolute Gasteiger partial charge is 0.157 e. The molecule has 1 rings (SSSR count). The van der Waals surface area contributed by atoms with E-state index in [9.17, 15) is 0 Å². The van der Waals surface area contributed by atoms with Crippen LogP contribution in [0.3, 0.4) is 0 Å². The van der Waals surface area contributed by atoms with Gasteiger partial charge in [-0.25, -0.2) is 0 Å². The van der Waals surface area contributed by atoms with E-state index in [1.807, 2.05) is 11.8 Å². The molecule has 0 spiro atoms. The predicted molar refractivity (Wildman–Crippen MR) is 70.7 cm³/mol. The Morgan fingerprint density at radius 3 is 2.60 bits per heavy atom. The lowest BCUT2D eigenvalue weighted by Gasteiger charge is -2.35. The molecule has 1 aliphatic heterocycles. The second kappa shape index (κ2) is 5.78. The molecule has 1 heterocycles. The molecule has 0 aliphatic carbocycles. The highest BCUT2D eigenvalue weighted by Gasteiger charge is 2.27. The predicted octanol–water partition coefficient (Wildman–Crippen LogP) is 3.43. The molecule has 0 saturated carbocycles. The summed E-state index contributed by atoms with van der Waals surface area (Å²) in [6.45, 7) is 8.97. The van der Waals surface area contributed by atoms with Crippen LogP contribution in [0, 0.1) is 0 Å². The van der Waals surface area contributed by atoms with Crippen molar-refractivity contribution in [2.24, 2.45) is 4.99 Å². The Balaban J connectivity index is 2.62. The molecule has 1 atom stereocenters. The summed E-state index contributed by atoms with van der Waals surface area (Å²) in [5.74, 6) is 1.20. The highest BCUT2D eigenvalue weighted by Crippen LogP contribution is 2.25. The lowest BCUT2D eigenvalue weighted by Crippen LogP contribution is -2.48. The van der Waals surface area contributed by atoms with E-state index in [1.165, 1.54) is 23.8 Å². The second-order valence-corrected chi connectivity index (χ2v) is 5.63. The van der Waals surface area contributed by atoms with Gasteiger partial charge in [0.05, 0.1) is 6.04 Å². The molecule has 0 aromatic carbocycles. The van der Waals surface area contributed by atoms with Crippen LogP contribution in [0.4, 0.5) is 0 Å². The molecule has 0 bridgehead atoms. The van der Waals surface area contributed by atoms with Crippen molar-refractivity contribution >= 4 is 16.9 Å². The summed E-state index contributed by atoms with van der Waals surface area (Å²) in [6.07, 6.45) is 4.71. The van der Waals surface area contributed by atoms with Gasteiger partial charge in [-0.1, -0.05) is 32.5 Å². The van der Waals surface area contributed by atoms with Crippen LogP contribution in [-0.4, -0.2) is 22.5 Å². The van der Waals surface area contributed by atoms with Crippen molar-refractivity contribution < 1.29 is 0 Å². The van der Waals surface area contributed by atoms with Crippen molar-refractivity contribution in [1.82, 2.24) is 5.32 Å². The zero-order valence-electron chi connectivity index (χ0n) is 10.5. The van der Waals surface area contributed by atoms with E-state index in [0.717, 1.165) is 12.8 Å². The van der Waals surface area contributed by atoms with Gasteiger partial charge < -0.3 is 5.32 Å². The number of hydrogen-bond donors (Lipinski definition) is 1. The van der Waals surface area contributed by atoms with Crippen LogP contribution in [0.5, 0.6) is 0 Å². The number of aliphatic imine (C=N–C) groups is 1.